The second-order valence-electron chi connectivity index (χ2n) is 7.71. The van der Waals surface area contributed by atoms with Crippen molar-refractivity contribution < 1.29 is 9.59 Å². The van der Waals surface area contributed by atoms with E-state index in [1.54, 1.807) is 0 Å². The van der Waals surface area contributed by atoms with E-state index in [4.69, 9.17) is 11.6 Å². The minimum atomic E-state index is -0.133. The number of amides is 2. The van der Waals surface area contributed by atoms with Crippen molar-refractivity contribution in [3.63, 3.8) is 0 Å². The maximum Gasteiger partial charge on any atom is 0.236 e. The molecule has 0 unspecified atom stereocenters. The van der Waals surface area contributed by atoms with Crippen LogP contribution in [0.5, 0.6) is 0 Å². The Morgan fingerprint density at radius 1 is 1.06 bits per heavy atom. The topological polar surface area (TPSA) is 71.1 Å². The van der Waals surface area contributed by atoms with Gasteiger partial charge in [0, 0.05) is 32.5 Å². The van der Waals surface area contributed by atoms with Crippen LogP contribution in [0.15, 0.2) is 58.8 Å². The third kappa shape index (κ3) is 6.12. The van der Waals surface area contributed by atoms with Gasteiger partial charge in [0.15, 0.2) is 5.13 Å². The first-order valence-corrected chi connectivity index (χ1v) is 12.9. The molecule has 4 rings (SSSR count). The Morgan fingerprint density at radius 2 is 1.88 bits per heavy atom. The van der Waals surface area contributed by atoms with E-state index < -0.39 is 0 Å². The summed E-state index contributed by atoms with van der Waals surface area (Å²) in [5.74, 6) is 0.329. The summed E-state index contributed by atoms with van der Waals surface area (Å²) in [4.78, 5) is 30.3. The third-order valence-corrected chi connectivity index (χ3v) is 7.43. The number of thioether (sulfide) groups is 1. The first-order valence-electron chi connectivity index (χ1n) is 10.6. The van der Waals surface area contributed by atoms with Crippen LogP contribution in [0.2, 0.25) is 5.02 Å². The molecular weight excluding hydrogens is 462 g/mol. The summed E-state index contributed by atoms with van der Waals surface area (Å²) in [5.41, 5.74) is 2.35. The van der Waals surface area contributed by atoms with E-state index in [1.807, 2.05) is 53.9 Å². The zero-order valence-electron chi connectivity index (χ0n) is 17.5. The molecule has 0 radical (unpaired) electrons. The molecule has 2 N–H and O–H groups in total. The highest BCUT2D eigenvalue weighted by Crippen LogP contribution is 2.31. The van der Waals surface area contributed by atoms with Gasteiger partial charge in [-0.05, 0) is 37.1 Å². The molecule has 8 heteroatoms. The van der Waals surface area contributed by atoms with Gasteiger partial charge in [-0.3, -0.25) is 9.59 Å². The molecule has 2 aromatic carbocycles. The van der Waals surface area contributed by atoms with E-state index >= 15 is 0 Å². The van der Waals surface area contributed by atoms with Gasteiger partial charge >= 0.3 is 0 Å². The largest absolute Gasteiger partial charge is 0.326 e. The standard InChI is InChI=1S/C24H24ClN3O2S2/c25-20-12-5-4-11-19(20)21-14-32-24(27-21)28-22(29)15-31-18-10-6-9-17(13-18)26-23(30)16-7-2-1-3-8-16/h4-6,9-14,16H,1-3,7-8,15H2,(H,26,30)(H,27,28,29). The predicted molar refractivity (Wildman–Crippen MR) is 134 cm³/mol. The number of halogens is 1. The summed E-state index contributed by atoms with van der Waals surface area (Å²) in [5, 5.41) is 8.92. The molecule has 0 aliphatic heterocycles. The van der Waals surface area contributed by atoms with Crippen LogP contribution in [0.4, 0.5) is 10.8 Å². The molecule has 166 valence electrons. The summed E-state index contributed by atoms with van der Waals surface area (Å²) in [6.07, 6.45) is 5.41. The van der Waals surface area contributed by atoms with E-state index in [0.717, 1.165) is 47.5 Å². The zero-order chi connectivity index (χ0) is 22.3. The monoisotopic (exact) mass is 485 g/mol. The van der Waals surface area contributed by atoms with Gasteiger partial charge in [-0.2, -0.15) is 0 Å². The van der Waals surface area contributed by atoms with Crippen molar-refractivity contribution in [2.45, 2.75) is 37.0 Å². The van der Waals surface area contributed by atoms with Crippen LogP contribution in [-0.2, 0) is 9.59 Å². The maximum absolute atomic E-state index is 12.5. The van der Waals surface area contributed by atoms with E-state index in [2.05, 4.69) is 15.6 Å². The molecule has 5 nitrogen and oxygen atoms in total. The highest BCUT2D eigenvalue weighted by molar-refractivity contribution is 8.00. The Kier molecular flexibility index (Phi) is 7.84. The smallest absolute Gasteiger partial charge is 0.236 e. The molecule has 0 atom stereocenters. The van der Waals surface area contributed by atoms with Crippen LogP contribution in [0, 0.1) is 5.92 Å². The second-order valence-corrected chi connectivity index (χ2v) is 10.0. The number of carbonyl (C=O) groups excluding carboxylic acids is 2. The Labute approximate surface area is 201 Å². The van der Waals surface area contributed by atoms with Crippen LogP contribution in [-0.4, -0.2) is 22.6 Å². The predicted octanol–water partition coefficient (Wildman–Crippen LogP) is 6.71. The molecule has 0 spiro atoms. The number of benzene rings is 2. The van der Waals surface area contributed by atoms with Gasteiger partial charge in [0.25, 0.3) is 0 Å². The van der Waals surface area contributed by atoms with Gasteiger partial charge in [-0.15, -0.1) is 23.1 Å². The minimum absolute atomic E-state index is 0.0997. The molecule has 1 aliphatic carbocycles. The van der Waals surface area contributed by atoms with Crippen LogP contribution in [0.25, 0.3) is 11.3 Å². The van der Waals surface area contributed by atoms with E-state index in [9.17, 15) is 9.59 Å². The van der Waals surface area contributed by atoms with E-state index in [0.29, 0.717) is 10.2 Å². The molecule has 1 saturated carbocycles. The molecule has 1 aliphatic rings. The fourth-order valence-electron chi connectivity index (χ4n) is 3.70. The van der Waals surface area contributed by atoms with Gasteiger partial charge in [-0.1, -0.05) is 55.1 Å². The first-order chi connectivity index (χ1) is 15.6. The van der Waals surface area contributed by atoms with Crippen LogP contribution < -0.4 is 10.6 Å². The van der Waals surface area contributed by atoms with Crippen molar-refractivity contribution in [2.24, 2.45) is 5.92 Å². The Hall–Kier alpha value is -2.35. The number of nitrogens with one attached hydrogen (secondary N) is 2. The lowest BCUT2D eigenvalue weighted by molar-refractivity contribution is -0.120. The quantitative estimate of drug-likeness (QED) is 0.364. The second kappa shape index (κ2) is 11.0. The fourth-order valence-corrected chi connectivity index (χ4v) is 5.42. The summed E-state index contributed by atoms with van der Waals surface area (Å²) in [7, 11) is 0. The molecule has 0 bridgehead atoms. The van der Waals surface area contributed by atoms with Crippen LogP contribution in [0.1, 0.15) is 32.1 Å². The normalized spacial score (nSPS) is 14.2. The molecule has 1 heterocycles. The summed E-state index contributed by atoms with van der Waals surface area (Å²) < 4.78 is 0. The third-order valence-electron chi connectivity index (χ3n) is 5.35. The number of carbonyl (C=O) groups is 2. The number of anilines is 2. The lowest BCUT2D eigenvalue weighted by Crippen LogP contribution is -2.24. The van der Waals surface area contributed by atoms with Crippen LogP contribution >= 0.6 is 34.7 Å². The lowest BCUT2D eigenvalue weighted by Gasteiger charge is -2.20. The SMILES string of the molecule is O=C(CSc1cccc(NC(=O)C2CCCCC2)c1)Nc1nc(-c2ccccc2Cl)cs1. The van der Waals surface area contributed by atoms with E-state index in [-0.39, 0.29) is 23.5 Å². The van der Waals surface area contributed by atoms with Gasteiger partial charge < -0.3 is 10.6 Å². The number of hydrogen-bond acceptors (Lipinski definition) is 5. The Bertz CT molecular complexity index is 1100. The molecule has 1 fully saturated rings. The average molecular weight is 486 g/mol. The molecule has 0 saturated heterocycles. The van der Waals surface area contributed by atoms with Crippen molar-refractivity contribution in [3.05, 3.63) is 58.9 Å². The summed E-state index contributed by atoms with van der Waals surface area (Å²) in [6.45, 7) is 0. The molecule has 1 aromatic heterocycles. The van der Waals surface area contributed by atoms with Crippen molar-refractivity contribution in [1.82, 2.24) is 4.98 Å². The minimum Gasteiger partial charge on any atom is -0.326 e. The number of nitrogens with zero attached hydrogens (tertiary/aromatic N) is 1. The Balaban J connectivity index is 1.29. The van der Waals surface area contributed by atoms with E-state index in [1.165, 1.54) is 29.5 Å². The Morgan fingerprint density at radius 3 is 2.69 bits per heavy atom. The van der Waals surface area contributed by atoms with Crippen molar-refractivity contribution in [2.75, 3.05) is 16.4 Å². The van der Waals surface area contributed by atoms with Gasteiger partial charge in [0.2, 0.25) is 11.8 Å². The zero-order valence-corrected chi connectivity index (χ0v) is 19.9. The number of hydrogen-bond donors (Lipinski definition) is 2. The van der Waals surface area contributed by atoms with Gasteiger partial charge in [0.05, 0.1) is 11.4 Å². The molecule has 2 amide bonds. The summed E-state index contributed by atoms with van der Waals surface area (Å²) >= 11 is 9.02. The number of thiazole rings is 1. The lowest BCUT2D eigenvalue weighted by atomic mass is 9.88. The average Bonchev–Trinajstić information content (AvgIpc) is 3.27. The van der Waals surface area contributed by atoms with Gasteiger partial charge in [0.1, 0.15) is 0 Å². The fraction of sp³-hybridized carbons (Fsp3) is 0.292. The summed E-state index contributed by atoms with van der Waals surface area (Å²) in [6, 6.07) is 15.1. The highest BCUT2D eigenvalue weighted by Gasteiger charge is 2.21. The van der Waals surface area contributed by atoms with Crippen LogP contribution in [0.3, 0.4) is 0 Å². The van der Waals surface area contributed by atoms with Crippen molar-refractivity contribution in [3.8, 4) is 11.3 Å². The first kappa shape index (κ1) is 22.8. The molecule has 32 heavy (non-hydrogen) atoms. The van der Waals surface area contributed by atoms with Crippen molar-refractivity contribution in [1.29, 1.82) is 0 Å². The molecular formula is C24H24ClN3O2S2. The molecule has 3 aromatic rings. The van der Waals surface area contributed by atoms with Crippen molar-refractivity contribution >= 4 is 57.3 Å². The highest BCUT2D eigenvalue weighted by atomic mass is 35.5. The maximum atomic E-state index is 12.5. The van der Waals surface area contributed by atoms with Gasteiger partial charge in [-0.25, -0.2) is 4.98 Å². The number of aromatic nitrogens is 1. The number of rotatable bonds is 7.